The second kappa shape index (κ2) is 5.15. The maximum Gasteiger partial charge on any atom is 0.220 e. The van der Waals surface area contributed by atoms with Crippen LogP contribution in [0.3, 0.4) is 0 Å². The van der Waals surface area contributed by atoms with Crippen molar-refractivity contribution in [2.24, 2.45) is 5.92 Å². The van der Waals surface area contributed by atoms with E-state index >= 15 is 0 Å². The third-order valence-electron chi connectivity index (χ3n) is 3.79. The van der Waals surface area contributed by atoms with Crippen molar-refractivity contribution in [1.29, 1.82) is 0 Å². The third-order valence-corrected chi connectivity index (χ3v) is 3.79. The molecule has 2 rings (SSSR count). The molecule has 0 bridgehead atoms. The van der Waals surface area contributed by atoms with Gasteiger partial charge in [0.25, 0.3) is 0 Å². The lowest BCUT2D eigenvalue weighted by Crippen LogP contribution is -2.41. The Morgan fingerprint density at radius 1 is 1.44 bits per heavy atom. The lowest BCUT2D eigenvalue weighted by atomic mass is 10.0. The molecule has 2 aliphatic rings. The molecule has 92 valence electrons. The summed E-state index contributed by atoms with van der Waals surface area (Å²) in [5.41, 5.74) is -0.621. The van der Waals surface area contributed by atoms with Gasteiger partial charge in [-0.05, 0) is 38.3 Å². The first-order valence-corrected chi connectivity index (χ1v) is 6.38. The highest BCUT2D eigenvalue weighted by Gasteiger charge is 2.31. The molecule has 0 radical (unpaired) electrons. The summed E-state index contributed by atoms with van der Waals surface area (Å²) in [4.78, 5) is 11.6. The third kappa shape index (κ3) is 3.19. The zero-order chi connectivity index (χ0) is 11.4. The highest BCUT2D eigenvalue weighted by Crippen LogP contribution is 2.28. The zero-order valence-corrected chi connectivity index (χ0v) is 9.80. The zero-order valence-electron chi connectivity index (χ0n) is 9.80. The molecule has 4 nitrogen and oxygen atoms in total. The molecule has 0 spiro atoms. The van der Waals surface area contributed by atoms with Gasteiger partial charge in [0.2, 0.25) is 5.91 Å². The van der Waals surface area contributed by atoms with Gasteiger partial charge in [0.15, 0.2) is 0 Å². The van der Waals surface area contributed by atoms with Gasteiger partial charge in [0, 0.05) is 13.0 Å². The van der Waals surface area contributed by atoms with Crippen LogP contribution in [0.1, 0.15) is 38.5 Å². The Morgan fingerprint density at radius 3 is 2.81 bits per heavy atom. The van der Waals surface area contributed by atoms with Gasteiger partial charge in [0.1, 0.15) is 0 Å². The minimum absolute atomic E-state index is 0.0917. The maximum absolute atomic E-state index is 11.6. The molecule has 16 heavy (non-hydrogen) atoms. The summed E-state index contributed by atoms with van der Waals surface area (Å²) in [5.74, 6) is 0.576. The summed E-state index contributed by atoms with van der Waals surface area (Å²) < 4.78 is 0. The van der Waals surface area contributed by atoms with E-state index in [-0.39, 0.29) is 5.91 Å². The average Bonchev–Trinajstić information content (AvgIpc) is 2.88. The van der Waals surface area contributed by atoms with Crippen molar-refractivity contribution in [3.05, 3.63) is 0 Å². The fraction of sp³-hybridized carbons (Fsp3) is 0.917. The normalized spacial score (nSPS) is 28.2. The number of aliphatic hydroxyl groups is 1. The Labute approximate surface area is 96.8 Å². The Hall–Kier alpha value is -0.610. The fourth-order valence-corrected chi connectivity index (χ4v) is 2.70. The van der Waals surface area contributed by atoms with Crippen LogP contribution in [0.25, 0.3) is 0 Å². The Morgan fingerprint density at radius 2 is 2.19 bits per heavy atom. The van der Waals surface area contributed by atoms with Crippen LogP contribution in [0.15, 0.2) is 0 Å². The highest BCUT2D eigenvalue weighted by atomic mass is 16.3. The number of hydrogen-bond donors (Lipinski definition) is 3. The van der Waals surface area contributed by atoms with Crippen LogP contribution in [-0.4, -0.2) is 36.2 Å². The number of rotatable bonds is 4. The molecule has 1 atom stereocenters. The number of nitrogens with one attached hydrogen (secondary N) is 2. The van der Waals surface area contributed by atoms with Crippen LogP contribution in [0, 0.1) is 5.92 Å². The molecule has 0 aromatic rings. The Kier molecular flexibility index (Phi) is 3.82. The van der Waals surface area contributed by atoms with Crippen LogP contribution in [0.2, 0.25) is 0 Å². The van der Waals surface area contributed by atoms with E-state index < -0.39 is 5.60 Å². The van der Waals surface area contributed by atoms with E-state index in [1.54, 1.807) is 0 Å². The molecule has 1 aliphatic carbocycles. The topological polar surface area (TPSA) is 61.4 Å². The molecule has 1 saturated heterocycles. The van der Waals surface area contributed by atoms with Crippen molar-refractivity contribution in [3.8, 4) is 0 Å². The number of amides is 1. The van der Waals surface area contributed by atoms with Crippen molar-refractivity contribution in [1.82, 2.24) is 10.6 Å². The van der Waals surface area contributed by atoms with Gasteiger partial charge in [-0.25, -0.2) is 0 Å². The summed E-state index contributed by atoms with van der Waals surface area (Å²) in [6, 6.07) is 0. The molecule has 0 aromatic carbocycles. The number of carbonyl (C=O) groups is 1. The van der Waals surface area contributed by atoms with Gasteiger partial charge >= 0.3 is 0 Å². The molecule has 1 unspecified atom stereocenters. The van der Waals surface area contributed by atoms with Crippen LogP contribution < -0.4 is 10.6 Å². The maximum atomic E-state index is 11.6. The van der Waals surface area contributed by atoms with E-state index in [2.05, 4.69) is 10.6 Å². The van der Waals surface area contributed by atoms with Crippen LogP contribution in [0.5, 0.6) is 0 Å². The van der Waals surface area contributed by atoms with Gasteiger partial charge in [-0.1, -0.05) is 12.8 Å². The summed E-state index contributed by atoms with van der Waals surface area (Å²) in [6.07, 6.45) is 5.52. The summed E-state index contributed by atoms with van der Waals surface area (Å²) in [6.45, 7) is 2.42. The molecule has 0 aromatic heterocycles. The molecule has 4 heteroatoms. The largest absolute Gasteiger partial charge is 0.388 e. The number of hydrogen-bond acceptors (Lipinski definition) is 3. The smallest absolute Gasteiger partial charge is 0.220 e. The van der Waals surface area contributed by atoms with Crippen molar-refractivity contribution >= 4 is 5.91 Å². The van der Waals surface area contributed by atoms with Crippen molar-refractivity contribution in [3.63, 3.8) is 0 Å². The lowest BCUT2D eigenvalue weighted by Gasteiger charge is -2.22. The van der Waals surface area contributed by atoms with Crippen LogP contribution in [0.4, 0.5) is 0 Å². The van der Waals surface area contributed by atoms with E-state index in [1.807, 2.05) is 0 Å². The van der Waals surface area contributed by atoms with E-state index in [0.29, 0.717) is 18.9 Å². The van der Waals surface area contributed by atoms with E-state index in [9.17, 15) is 9.90 Å². The highest BCUT2D eigenvalue weighted by molar-refractivity contribution is 5.76. The predicted octanol–water partition coefficient (Wildman–Crippen LogP) is 0.407. The molecule has 1 amide bonds. The Bertz CT molecular complexity index is 243. The van der Waals surface area contributed by atoms with Gasteiger partial charge in [0.05, 0.1) is 5.60 Å². The quantitative estimate of drug-likeness (QED) is 0.650. The fourth-order valence-electron chi connectivity index (χ4n) is 2.70. The van der Waals surface area contributed by atoms with Gasteiger partial charge in [-0.15, -0.1) is 0 Å². The molecule has 1 saturated carbocycles. The molecule has 1 aliphatic heterocycles. The SMILES string of the molecule is O=C(CC1CCNC1)NCC1(O)CCCC1. The first kappa shape index (κ1) is 11.9. The van der Waals surface area contributed by atoms with Gasteiger partial charge in [-0.2, -0.15) is 0 Å². The van der Waals surface area contributed by atoms with Gasteiger partial charge in [-0.3, -0.25) is 4.79 Å². The molecular weight excluding hydrogens is 204 g/mol. The predicted molar refractivity (Wildman–Crippen MR) is 62.0 cm³/mol. The van der Waals surface area contributed by atoms with E-state index in [1.165, 1.54) is 0 Å². The van der Waals surface area contributed by atoms with Crippen LogP contribution >= 0.6 is 0 Å². The molecule has 2 fully saturated rings. The van der Waals surface area contributed by atoms with E-state index in [0.717, 1.165) is 45.2 Å². The second-order valence-electron chi connectivity index (χ2n) is 5.27. The number of carbonyl (C=O) groups excluding carboxylic acids is 1. The minimum atomic E-state index is -0.621. The lowest BCUT2D eigenvalue weighted by molar-refractivity contribution is -0.123. The standard InChI is InChI=1S/C12H22N2O2/c15-11(7-10-3-6-13-8-10)14-9-12(16)4-1-2-5-12/h10,13,16H,1-9H2,(H,14,15). The summed E-state index contributed by atoms with van der Waals surface area (Å²) in [5, 5.41) is 16.2. The first-order valence-electron chi connectivity index (χ1n) is 6.38. The van der Waals surface area contributed by atoms with Crippen molar-refractivity contribution in [2.75, 3.05) is 19.6 Å². The van der Waals surface area contributed by atoms with Gasteiger partial charge < -0.3 is 15.7 Å². The van der Waals surface area contributed by atoms with Crippen molar-refractivity contribution in [2.45, 2.75) is 44.1 Å². The van der Waals surface area contributed by atoms with Crippen molar-refractivity contribution < 1.29 is 9.90 Å². The van der Waals surface area contributed by atoms with E-state index in [4.69, 9.17) is 0 Å². The molecule has 3 N–H and O–H groups in total. The molecular formula is C12H22N2O2. The molecule has 1 heterocycles. The Balaban J connectivity index is 1.66. The second-order valence-corrected chi connectivity index (χ2v) is 5.27. The first-order chi connectivity index (χ1) is 7.68. The monoisotopic (exact) mass is 226 g/mol. The average molecular weight is 226 g/mol. The summed E-state index contributed by atoms with van der Waals surface area (Å²) >= 11 is 0. The minimum Gasteiger partial charge on any atom is -0.388 e. The van der Waals surface area contributed by atoms with Crippen LogP contribution in [-0.2, 0) is 4.79 Å². The summed E-state index contributed by atoms with van der Waals surface area (Å²) in [7, 11) is 0.